The zero-order valence-corrected chi connectivity index (χ0v) is 18.1. The number of hydrogen-bond donors (Lipinski definition) is 0. The summed E-state index contributed by atoms with van der Waals surface area (Å²) in [5.74, 6) is 0.309. The van der Waals surface area contributed by atoms with Crippen molar-refractivity contribution in [2.45, 2.75) is 0 Å². The SMILES string of the molecule is O=c1nc(-c2ccccc2)n(-c2cccc3ccccc23)c(=O)n1-c1cccc2ccccc12. The Morgan fingerprint density at radius 3 is 1.62 bits per heavy atom. The van der Waals surface area contributed by atoms with E-state index in [0.29, 0.717) is 22.8 Å². The van der Waals surface area contributed by atoms with Crippen molar-refractivity contribution in [3.05, 3.63) is 136 Å². The molecule has 0 radical (unpaired) electrons. The van der Waals surface area contributed by atoms with Crippen molar-refractivity contribution in [1.82, 2.24) is 14.1 Å². The van der Waals surface area contributed by atoms with Gasteiger partial charge >= 0.3 is 11.4 Å². The summed E-state index contributed by atoms with van der Waals surface area (Å²) in [4.78, 5) is 32.0. The zero-order valence-electron chi connectivity index (χ0n) is 18.1. The van der Waals surface area contributed by atoms with Gasteiger partial charge in [0.15, 0.2) is 5.82 Å². The Bertz CT molecular complexity index is 1790. The molecule has 6 aromatic rings. The van der Waals surface area contributed by atoms with Gasteiger partial charge in [0.05, 0.1) is 11.4 Å². The van der Waals surface area contributed by atoms with E-state index >= 15 is 0 Å². The largest absolute Gasteiger partial charge is 0.358 e. The van der Waals surface area contributed by atoms with Crippen LogP contribution in [-0.4, -0.2) is 14.1 Å². The van der Waals surface area contributed by atoms with E-state index in [0.717, 1.165) is 26.1 Å². The minimum Gasteiger partial charge on any atom is -0.247 e. The van der Waals surface area contributed by atoms with Gasteiger partial charge < -0.3 is 0 Å². The van der Waals surface area contributed by atoms with Crippen molar-refractivity contribution in [3.8, 4) is 22.8 Å². The number of rotatable bonds is 3. The average Bonchev–Trinajstić information content (AvgIpc) is 2.89. The summed E-state index contributed by atoms with van der Waals surface area (Å²) in [6.07, 6.45) is 0. The fraction of sp³-hybridized carbons (Fsp3) is 0. The smallest absolute Gasteiger partial charge is 0.247 e. The number of hydrogen-bond acceptors (Lipinski definition) is 3. The predicted octanol–water partition coefficient (Wildman–Crippen LogP) is 5.36. The van der Waals surface area contributed by atoms with E-state index < -0.39 is 11.4 Å². The Morgan fingerprint density at radius 1 is 0.500 bits per heavy atom. The van der Waals surface area contributed by atoms with Crippen LogP contribution in [0.4, 0.5) is 0 Å². The Balaban J connectivity index is 1.77. The summed E-state index contributed by atoms with van der Waals surface area (Å²) < 4.78 is 2.71. The first kappa shape index (κ1) is 19.9. The van der Waals surface area contributed by atoms with Gasteiger partial charge in [-0.25, -0.2) is 18.7 Å². The van der Waals surface area contributed by atoms with Crippen LogP contribution in [0.2, 0.25) is 0 Å². The average molecular weight is 441 g/mol. The summed E-state index contributed by atoms with van der Waals surface area (Å²) in [6, 6.07) is 36.3. The lowest BCUT2D eigenvalue weighted by atomic mass is 10.1. The molecule has 0 fully saturated rings. The molecule has 5 aromatic carbocycles. The monoisotopic (exact) mass is 441 g/mol. The molecule has 0 aliphatic heterocycles. The molecule has 0 bridgehead atoms. The van der Waals surface area contributed by atoms with Crippen LogP contribution in [-0.2, 0) is 0 Å². The van der Waals surface area contributed by atoms with E-state index in [9.17, 15) is 9.59 Å². The number of nitrogens with zero attached hydrogens (tertiary/aromatic N) is 3. The summed E-state index contributed by atoms with van der Waals surface area (Å²) >= 11 is 0. The second-order valence-electron chi connectivity index (χ2n) is 8.03. The maximum absolute atomic E-state index is 14.2. The van der Waals surface area contributed by atoms with Crippen LogP contribution in [0.5, 0.6) is 0 Å². The highest BCUT2D eigenvalue weighted by molar-refractivity contribution is 5.91. The third kappa shape index (κ3) is 3.14. The Labute approximate surface area is 194 Å². The fourth-order valence-electron chi connectivity index (χ4n) is 4.47. The molecule has 0 unspecified atom stereocenters. The molecule has 0 aliphatic rings. The summed E-state index contributed by atoms with van der Waals surface area (Å²) in [6.45, 7) is 0. The van der Waals surface area contributed by atoms with E-state index in [1.54, 1.807) is 10.6 Å². The Hall–Kier alpha value is -4.77. The predicted molar refractivity (Wildman–Crippen MR) is 136 cm³/mol. The van der Waals surface area contributed by atoms with E-state index in [4.69, 9.17) is 0 Å². The van der Waals surface area contributed by atoms with Gasteiger partial charge in [-0.05, 0) is 22.9 Å². The van der Waals surface area contributed by atoms with Gasteiger partial charge in [-0.2, -0.15) is 4.98 Å². The van der Waals surface area contributed by atoms with Crippen molar-refractivity contribution >= 4 is 21.5 Å². The second-order valence-corrected chi connectivity index (χ2v) is 8.03. The summed E-state index contributed by atoms with van der Waals surface area (Å²) in [5, 5.41) is 3.64. The molecular formula is C29H19N3O2. The van der Waals surface area contributed by atoms with Crippen LogP contribution in [0.1, 0.15) is 0 Å². The molecule has 0 atom stereocenters. The van der Waals surface area contributed by atoms with Gasteiger partial charge in [-0.3, -0.25) is 0 Å². The first-order chi connectivity index (χ1) is 16.7. The van der Waals surface area contributed by atoms with Gasteiger partial charge in [0.25, 0.3) is 0 Å². The normalized spacial score (nSPS) is 11.2. The highest BCUT2D eigenvalue weighted by Gasteiger charge is 2.19. The minimum atomic E-state index is -0.614. The summed E-state index contributed by atoms with van der Waals surface area (Å²) in [5.41, 5.74) is 0.788. The van der Waals surface area contributed by atoms with Crippen molar-refractivity contribution in [2.75, 3.05) is 0 Å². The molecule has 0 saturated heterocycles. The molecule has 0 spiro atoms. The van der Waals surface area contributed by atoms with Crippen LogP contribution in [0, 0.1) is 0 Å². The highest BCUT2D eigenvalue weighted by Crippen LogP contribution is 2.26. The molecule has 5 nitrogen and oxygen atoms in total. The third-order valence-corrected chi connectivity index (χ3v) is 6.03. The van der Waals surface area contributed by atoms with Gasteiger partial charge in [0.2, 0.25) is 0 Å². The third-order valence-electron chi connectivity index (χ3n) is 6.03. The standard InChI is InChI=1S/C29H19N3O2/c33-28-30-27(22-12-2-1-3-13-22)31(25-18-8-14-20-10-4-6-16-23(20)25)29(34)32(28)26-19-9-15-21-11-5-7-17-24(21)26/h1-19H. The molecule has 0 amide bonds. The van der Waals surface area contributed by atoms with Crippen molar-refractivity contribution < 1.29 is 0 Å². The molecule has 6 rings (SSSR count). The maximum Gasteiger partial charge on any atom is 0.358 e. The van der Waals surface area contributed by atoms with E-state index in [-0.39, 0.29) is 0 Å². The molecular weight excluding hydrogens is 422 g/mol. The van der Waals surface area contributed by atoms with Crippen molar-refractivity contribution in [3.63, 3.8) is 0 Å². The quantitative estimate of drug-likeness (QED) is 0.372. The molecule has 1 heterocycles. The number of aromatic nitrogens is 3. The molecule has 0 N–H and O–H groups in total. The first-order valence-electron chi connectivity index (χ1n) is 11.0. The topological polar surface area (TPSA) is 56.9 Å². The molecule has 1 aromatic heterocycles. The van der Waals surface area contributed by atoms with Crippen LogP contribution >= 0.6 is 0 Å². The van der Waals surface area contributed by atoms with Gasteiger partial charge in [-0.1, -0.05) is 103 Å². The number of fused-ring (bicyclic) bond motifs is 2. The lowest BCUT2D eigenvalue weighted by Gasteiger charge is -2.17. The van der Waals surface area contributed by atoms with Crippen molar-refractivity contribution in [2.24, 2.45) is 0 Å². The summed E-state index contributed by atoms with van der Waals surface area (Å²) in [7, 11) is 0. The second kappa shape index (κ2) is 7.98. The molecule has 0 saturated carbocycles. The molecule has 162 valence electrons. The number of benzene rings is 5. The van der Waals surface area contributed by atoms with Crippen LogP contribution in [0.25, 0.3) is 44.3 Å². The lowest BCUT2D eigenvalue weighted by molar-refractivity contribution is 0.760. The van der Waals surface area contributed by atoms with Gasteiger partial charge in [0, 0.05) is 16.3 Å². The Kier molecular flexibility index (Phi) is 4.66. The van der Waals surface area contributed by atoms with Crippen molar-refractivity contribution in [1.29, 1.82) is 0 Å². The maximum atomic E-state index is 14.2. The van der Waals surface area contributed by atoms with Crippen LogP contribution in [0.15, 0.2) is 125 Å². The lowest BCUT2D eigenvalue weighted by Crippen LogP contribution is -2.41. The van der Waals surface area contributed by atoms with E-state index in [2.05, 4.69) is 4.98 Å². The van der Waals surface area contributed by atoms with Crippen LogP contribution < -0.4 is 11.4 Å². The van der Waals surface area contributed by atoms with Gasteiger partial charge in [0.1, 0.15) is 0 Å². The molecule has 34 heavy (non-hydrogen) atoms. The molecule has 5 heteroatoms. The zero-order chi connectivity index (χ0) is 23.1. The van der Waals surface area contributed by atoms with Gasteiger partial charge in [-0.15, -0.1) is 0 Å². The van der Waals surface area contributed by atoms with E-state index in [1.165, 1.54) is 0 Å². The first-order valence-corrected chi connectivity index (χ1v) is 11.0. The fourth-order valence-corrected chi connectivity index (χ4v) is 4.47. The minimum absolute atomic E-state index is 0.309. The molecule has 0 aliphatic carbocycles. The Morgan fingerprint density at radius 2 is 1.00 bits per heavy atom. The highest BCUT2D eigenvalue weighted by atomic mass is 16.2. The van der Waals surface area contributed by atoms with E-state index in [1.807, 2.05) is 109 Å². The van der Waals surface area contributed by atoms with Crippen LogP contribution in [0.3, 0.4) is 0 Å².